The summed E-state index contributed by atoms with van der Waals surface area (Å²) in [5.41, 5.74) is 3.58. The molecule has 3 rings (SSSR count). The lowest BCUT2D eigenvalue weighted by atomic mass is 10.2. The number of aromatic amines is 1. The third-order valence-corrected chi connectivity index (χ3v) is 4.14. The minimum atomic E-state index is -0.263. The number of aryl methyl sites for hydroxylation is 1. The second kappa shape index (κ2) is 5.61. The van der Waals surface area contributed by atoms with Crippen molar-refractivity contribution in [3.05, 3.63) is 58.7 Å². The number of halogens is 1. The van der Waals surface area contributed by atoms with Gasteiger partial charge in [0, 0.05) is 27.3 Å². The van der Waals surface area contributed by atoms with Crippen LogP contribution < -0.4 is 10.6 Å². The average Bonchev–Trinajstić information content (AvgIpc) is 2.86. The number of carbonyl (C=O) groups is 1. The number of aromatic nitrogens is 1. The molecule has 1 aromatic heterocycles. The Morgan fingerprint density at radius 2 is 1.95 bits per heavy atom. The molecule has 0 spiro atoms. The lowest BCUT2D eigenvalue weighted by molar-refractivity contribution is 0.262. The van der Waals surface area contributed by atoms with Gasteiger partial charge < -0.3 is 15.6 Å². The van der Waals surface area contributed by atoms with Gasteiger partial charge in [-0.25, -0.2) is 4.79 Å². The zero-order valence-corrected chi connectivity index (χ0v) is 13.0. The van der Waals surface area contributed by atoms with E-state index in [0.717, 1.165) is 32.3 Å². The summed E-state index contributed by atoms with van der Waals surface area (Å²) in [6.45, 7) is 1.98. The number of carbonyl (C=O) groups excluding carboxylic acids is 1. The molecule has 0 aliphatic rings. The van der Waals surface area contributed by atoms with Gasteiger partial charge in [-0.15, -0.1) is 0 Å². The van der Waals surface area contributed by atoms with Gasteiger partial charge in [0.2, 0.25) is 0 Å². The Balaban J connectivity index is 1.75. The number of benzene rings is 2. The molecule has 4 nitrogen and oxygen atoms in total. The number of nitrogens with one attached hydrogen (secondary N) is 3. The Morgan fingerprint density at radius 3 is 2.76 bits per heavy atom. The number of hydrogen-bond donors (Lipinski definition) is 3. The van der Waals surface area contributed by atoms with Crippen LogP contribution in [-0.2, 0) is 0 Å². The summed E-state index contributed by atoms with van der Waals surface area (Å²) < 4.78 is 1.02. The van der Waals surface area contributed by atoms with Crippen LogP contribution in [0.3, 0.4) is 0 Å². The minimum absolute atomic E-state index is 0.263. The second-order valence-electron chi connectivity index (χ2n) is 4.79. The highest BCUT2D eigenvalue weighted by atomic mass is 79.9. The van der Waals surface area contributed by atoms with Gasteiger partial charge in [0.05, 0.1) is 5.69 Å². The van der Waals surface area contributed by atoms with Gasteiger partial charge in [0.15, 0.2) is 0 Å². The van der Waals surface area contributed by atoms with Crippen LogP contribution in [0, 0.1) is 6.92 Å². The van der Waals surface area contributed by atoms with Crippen molar-refractivity contribution in [2.24, 2.45) is 0 Å². The van der Waals surface area contributed by atoms with Crippen LogP contribution in [0.5, 0.6) is 0 Å². The van der Waals surface area contributed by atoms with Gasteiger partial charge in [-0.2, -0.15) is 0 Å². The van der Waals surface area contributed by atoms with Crippen molar-refractivity contribution in [1.29, 1.82) is 0 Å². The molecule has 106 valence electrons. The highest BCUT2D eigenvalue weighted by Gasteiger charge is 2.07. The number of urea groups is 1. The van der Waals surface area contributed by atoms with Crippen molar-refractivity contribution in [2.75, 3.05) is 10.6 Å². The molecule has 5 heteroatoms. The Hall–Kier alpha value is -2.27. The van der Waals surface area contributed by atoms with Crippen LogP contribution in [0.25, 0.3) is 10.9 Å². The molecule has 2 amide bonds. The smallest absolute Gasteiger partial charge is 0.323 e. The fraction of sp³-hybridized carbons (Fsp3) is 0.0625. The topological polar surface area (TPSA) is 56.9 Å². The molecule has 0 aliphatic carbocycles. The van der Waals surface area contributed by atoms with Gasteiger partial charge in [0.1, 0.15) is 0 Å². The number of anilines is 2. The monoisotopic (exact) mass is 343 g/mol. The largest absolute Gasteiger partial charge is 0.359 e. The van der Waals surface area contributed by atoms with Crippen molar-refractivity contribution in [3.63, 3.8) is 0 Å². The highest BCUT2D eigenvalue weighted by Crippen LogP contribution is 2.23. The third kappa shape index (κ3) is 2.92. The number of H-pyrrole nitrogens is 1. The lowest BCUT2D eigenvalue weighted by Gasteiger charge is -2.08. The predicted molar refractivity (Wildman–Crippen MR) is 89.8 cm³/mol. The number of hydrogen-bond acceptors (Lipinski definition) is 1. The van der Waals surface area contributed by atoms with Gasteiger partial charge >= 0.3 is 6.03 Å². The first-order chi connectivity index (χ1) is 10.1. The van der Waals surface area contributed by atoms with E-state index in [0.29, 0.717) is 0 Å². The normalized spacial score (nSPS) is 10.6. The van der Waals surface area contributed by atoms with E-state index in [4.69, 9.17) is 0 Å². The van der Waals surface area contributed by atoms with Crippen molar-refractivity contribution >= 4 is 44.2 Å². The Bertz CT molecular complexity index is 810. The van der Waals surface area contributed by atoms with Crippen molar-refractivity contribution in [3.8, 4) is 0 Å². The van der Waals surface area contributed by atoms with Crippen LogP contribution in [0.4, 0.5) is 16.2 Å². The van der Waals surface area contributed by atoms with E-state index < -0.39 is 0 Å². The van der Waals surface area contributed by atoms with Gasteiger partial charge in [-0.1, -0.05) is 34.1 Å². The fourth-order valence-corrected chi connectivity index (χ4v) is 2.43. The van der Waals surface area contributed by atoms with E-state index in [2.05, 4.69) is 31.5 Å². The zero-order chi connectivity index (χ0) is 14.8. The Kier molecular flexibility index (Phi) is 3.66. The SMILES string of the molecule is Cc1cc(NC(=O)Nc2c[nH]c3ccccc23)ccc1Br. The molecule has 3 N–H and O–H groups in total. The summed E-state index contributed by atoms with van der Waals surface area (Å²) >= 11 is 3.44. The molecule has 0 atom stereocenters. The molecule has 2 aromatic carbocycles. The molecule has 0 saturated heterocycles. The molecule has 0 saturated carbocycles. The summed E-state index contributed by atoms with van der Waals surface area (Å²) in [5.74, 6) is 0. The average molecular weight is 344 g/mol. The van der Waals surface area contributed by atoms with Crippen molar-refractivity contribution < 1.29 is 4.79 Å². The number of para-hydroxylation sites is 1. The third-order valence-electron chi connectivity index (χ3n) is 3.25. The summed E-state index contributed by atoms with van der Waals surface area (Å²) in [6.07, 6.45) is 1.79. The van der Waals surface area contributed by atoms with Crippen LogP contribution in [0.1, 0.15) is 5.56 Å². The molecule has 0 fully saturated rings. The molecule has 0 aliphatic heterocycles. The Morgan fingerprint density at radius 1 is 1.14 bits per heavy atom. The first-order valence-electron chi connectivity index (χ1n) is 6.54. The molecule has 0 radical (unpaired) electrons. The molecular weight excluding hydrogens is 330 g/mol. The maximum absolute atomic E-state index is 12.1. The number of rotatable bonds is 2. The molecule has 1 heterocycles. The summed E-state index contributed by atoms with van der Waals surface area (Å²) in [4.78, 5) is 15.2. The van der Waals surface area contributed by atoms with E-state index in [1.807, 2.05) is 49.4 Å². The quantitative estimate of drug-likeness (QED) is 0.610. The standard InChI is InChI=1S/C16H14BrN3O/c1-10-8-11(6-7-13(10)17)19-16(21)20-15-9-18-14-5-3-2-4-12(14)15/h2-9,18H,1H3,(H2,19,20,21). The van der Waals surface area contributed by atoms with Crippen LogP contribution in [0.15, 0.2) is 53.1 Å². The zero-order valence-electron chi connectivity index (χ0n) is 11.4. The second-order valence-corrected chi connectivity index (χ2v) is 5.65. The van der Waals surface area contributed by atoms with Crippen LogP contribution >= 0.6 is 15.9 Å². The molecular formula is C16H14BrN3O. The van der Waals surface area contributed by atoms with E-state index in [9.17, 15) is 4.79 Å². The van der Waals surface area contributed by atoms with E-state index in [1.165, 1.54) is 0 Å². The first-order valence-corrected chi connectivity index (χ1v) is 7.33. The predicted octanol–water partition coefficient (Wildman–Crippen LogP) is 4.88. The first kappa shape index (κ1) is 13.7. The van der Waals surface area contributed by atoms with Crippen molar-refractivity contribution in [2.45, 2.75) is 6.92 Å². The van der Waals surface area contributed by atoms with E-state index in [-0.39, 0.29) is 6.03 Å². The van der Waals surface area contributed by atoms with E-state index >= 15 is 0 Å². The molecule has 0 unspecified atom stereocenters. The van der Waals surface area contributed by atoms with Gasteiger partial charge in [-0.3, -0.25) is 0 Å². The van der Waals surface area contributed by atoms with Crippen molar-refractivity contribution in [1.82, 2.24) is 4.98 Å². The summed E-state index contributed by atoms with van der Waals surface area (Å²) in [7, 11) is 0. The summed E-state index contributed by atoms with van der Waals surface area (Å²) in [6, 6.07) is 13.2. The van der Waals surface area contributed by atoms with E-state index in [1.54, 1.807) is 6.20 Å². The lowest BCUT2D eigenvalue weighted by Crippen LogP contribution is -2.19. The molecule has 3 aromatic rings. The maximum atomic E-state index is 12.1. The maximum Gasteiger partial charge on any atom is 0.323 e. The van der Waals surface area contributed by atoms with Crippen LogP contribution in [-0.4, -0.2) is 11.0 Å². The number of fused-ring (bicyclic) bond motifs is 1. The van der Waals surface area contributed by atoms with Crippen LogP contribution in [0.2, 0.25) is 0 Å². The van der Waals surface area contributed by atoms with Gasteiger partial charge in [-0.05, 0) is 36.8 Å². The van der Waals surface area contributed by atoms with Gasteiger partial charge in [0.25, 0.3) is 0 Å². The number of amides is 2. The highest BCUT2D eigenvalue weighted by molar-refractivity contribution is 9.10. The Labute approximate surface area is 130 Å². The fourth-order valence-electron chi connectivity index (χ4n) is 2.18. The summed E-state index contributed by atoms with van der Waals surface area (Å²) in [5, 5.41) is 6.67. The molecule has 21 heavy (non-hydrogen) atoms. The minimum Gasteiger partial charge on any atom is -0.359 e. The molecule has 0 bridgehead atoms.